The van der Waals surface area contributed by atoms with Crippen molar-refractivity contribution in [3.8, 4) is 6.07 Å². The molecule has 0 fully saturated rings. The Kier molecular flexibility index (Phi) is 4.67. The smallest absolute Gasteiger partial charge is 0.304 e. The third-order valence-corrected chi connectivity index (χ3v) is 4.81. The number of pyridine rings is 2. The van der Waals surface area contributed by atoms with Gasteiger partial charge in [-0.2, -0.15) is 9.83 Å². The van der Waals surface area contributed by atoms with E-state index in [1.165, 1.54) is 6.07 Å². The van der Waals surface area contributed by atoms with Gasteiger partial charge in [0.1, 0.15) is 11.8 Å². The highest BCUT2D eigenvalue weighted by Crippen LogP contribution is 2.26. The van der Waals surface area contributed by atoms with Gasteiger partial charge >= 0.3 is 5.91 Å². The number of carbonyl (C=O) groups excluding carboxylic acids is 2. The van der Waals surface area contributed by atoms with Gasteiger partial charge in [0.05, 0.1) is 11.1 Å². The quantitative estimate of drug-likeness (QED) is 0.418. The van der Waals surface area contributed by atoms with Gasteiger partial charge in [0.25, 0.3) is 5.91 Å². The van der Waals surface area contributed by atoms with Crippen molar-refractivity contribution in [2.45, 2.75) is 13.5 Å². The molecule has 7 nitrogen and oxygen atoms in total. The summed E-state index contributed by atoms with van der Waals surface area (Å²) < 4.78 is 3.46. The third kappa shape index (κ3) is 3.39. The van der Waals surface area contributed by atoms with Crippen LogP contribution in [0.15, 0.2) is 67.0 Å². The van der Waals surface area contributed by atoms with Crippen LogP contribution >= 0.6 is 0 Å². The highest BCUT2D eigenvalue weighted by Gasteiger charge is 2.19. The first-order valence-electron chi connectivity index (χ1n) is 9.05. The Morgan fingerprint density at radius 3 is 2.69 bits per heavy atom. The molecule has 4 aromatic rings. The summed E-state index contributed by atoms with van der Waals surface area (Å²) in [5, 5.41) is 11.2. The van der Waals surface area contributed by atoms with Crippen LogP contribution in [-0.4, -0.2) is 16.2 Å². The summed E-state index contributed by atoms with van der Waals surface area (Å²) in [6, 6.07) is 18.8. The van der Waals surface area contributed by atoms with E-state index >= 15 is 0 Å². The van der Waals surface area contributed by atoms with Gasteiger partial charge in [-0.25, -0.2) is 0 Å². The first-order valence-corrected chi connectivity index (χ1v) is 9.05. The van der Waals surface area contributed by atoms with E-state index < -0.39 is 5.91 Å². The van der Waals surface area contributed by atoms with E-state index in [-0.39, 0.29) is 12.5 Å². The number of aryl methyl sites for hydroxylation is 1. The van der Waals surface area contributed by atoms with Crippen molar-refractivity contribution in [2.24, 2.45) is 0 Å². The molecule has 0 saturated heterocycles. The van der Waals surface area contributed by atoms with Crippen LogP contribution < -0.4 is 15.4 Å². The van der Waals surface area contributed by atoms with Crippen molar-refractivity contribution in [3.63, 3.8) is 0 Å². The molecule has 0 aliphatic rings. The first kappa shape index (κ1) is 18.2. The molecule has 2 amide bonds. The van der Waals surface area contributed by atoms with E-state index in [1.54, 1.807) is 21.4 Å². The summed E-state index contributed by atoms with van der Waals surface area (Å²) in [7, 11) is 0. The lowest BCUT2D eigenvalue weighted by Crippen LogP contribution is -2.50. The Labute approximate surface area is 166 Å². The van der Waals surface area contributed by atoms with Gasteiger partial charge in [0, 0.05) is 30.6 Å². The minimum Gasteiger partial charge on any atom is -0.307 e. The van der Waals surface area contributed by atoms with Gasteiger partial charge < -0.3 is 4.40 Å². The van der Waals surface area contributed by atoms with E-state index in [1.807, 2.05) is 55.5 Å². The van der Waals surface area contributed by atoms with E-state index in [0.29, 0.717) is 16.8 Å². The summed E-state index contributed by atoms with van der Waals surface area (Å²) >= 11 is 0. The zero-order valence-corrected chi connectivity index (χ0v) is 15.7. The first-order chi connectivity index (χ1) is 14.1. The summed E-state index contributed by atoms with van der Waals surface area (Å²) in [6.07, 6.45) is 3.56. The SMILES string of the molecule is Cc1cccc[n+]1CC(=O)NNC(=O)c1cc(C#N)n2ccc3ccccc3c12. The number of aromatic nitrogens is 2. The third-order valence-electron chi connectivity index (χ3n) is 4.81. The molecule has 4 rings (SSSR count). The molecular weight excluding hydrogens is 366 g/mol. The number of hydrazine groups is 1. The largest absolute Gasteiger partial charge is 0.307 e. The molecule has 142 valence electrons. The van der Waals surface area contributed by atoms with Crippen LogP contribution in [0.4, 0.5) is 0 Å². The summed E-state index contributed by atoms with van der Waals surface area (Å²) in [5.41, 5.74) is 7.12. The van der Waals surface area contributed by atoms with Crippen LogP contribution in [0, 0.1) is 18.3 Å². The molecule has 7 heteroatoms. The molecule has 0 aliphatic carbocycles. The number of amides is 2. The molecule has 0 bridgehead atoms. The fraction of sp³-hybridized carbons (Fsp3) is 0.0909. The number of hydrogen-bond acceptors (Lipinski definition) is 3. The number of nitriles is 1. The molecule has 0 atom stereocenters. The Morgan fingerprint density at radius 1 is 1.10 bits per heavy atom. The van der Waals surface area contributed by atoms with Gasteiger partial charge in [0.15, 0.2) is 11.9 Å². The van der Waals surface area contributed by atoms with Crippen LogP contribution in [0.3, 0.4) is 0 Å². The van der Waals surface area contributed by atoms with Crippen LogP contribution in [0.5, 0.6) is 0 Å². The highest BCUT2D eigenvalue weighted by molar-refractivity contribution is 6.10. The molecule has 29 heavy (non-hydrogen) atoms. The van der Waals surface area contributed by atoms with Gasteiger partial charge in [-0.3, -0.25) is 20.4 Å². The lowest BCUT2D eigenvalue weighted by atomic mass is 10.1. The van der Waals surface area contributed by atoms with Gasteiger partial charge in [-0.15, -0.1) is 0 Å². The average Bonchev–Trinajstić information content (AvgIpc) is 3.13. The fourth-order valence-electron chi connectivity index (χ4n) is 3.35. The van der Waals surface area contributed by atoms with E-state index in [0.717, 1.165) is 16.5 Å². The minimum atomic E-state index is -0.483. The second-order valence-electron chi connectivity index (χ2n) is 6.65. The molecule has 2 N–H and O–H groups in total. The van der Waals surface area contributed by atoms with E-state index in [9.17, 15) is 14.9 Å². The van der Waals surface area contributed by atoms with Gasteiger partial charge in [-0.1, -0.05) is 30.3 Å². The molecule has 3 heterocycles. The predicted octanol–water partition coefficient (Wildman–Crippen LogP) is 2.02. The Morgan fingerprint density at radius 2 is 1.90 bits per heavy atom. The average molecular weight is 384 g/mol. The van der Waals surface area contributed by atoms with Gasteiger partial charge in [-0.05, 0) is 17.5 Å². The highest BCUT2D eigenvalue weighted by atomic mass is 16.2. The maximum atomic E-state index is 12.8. The maximum absolute atomic E-state index is 12.8. The van der Waals surface area contributed by atoms with Crippen molar-refractivity contribution >= 4 is 28.1 Å². The van der Waals surface area contributed by atoms with Gasteiger partial charge in [0.2, 0.25) is 6.54 Å². The molecule has 0 radical (unpaired) electrons. The zero-order chi connectivity index (χ0) is 20.4. The fourth-order valence-corrected chi connectivity index (χ4v) is 3.35. The van der Waals surface area contributed by atoms with Crippen molar-refractivity contribution in [3.05, 3.63) is 83.9 Å². The number of rotatable bonds is 3. The Balaban J connectivity index is 1.60. The zero-order valence-electron chi connectivity index (χ0n) is 15.7. The van der Waals surface area contributed by atoms with Crippen LogP contribution in [0.2, 0.25) is 0 Å². The van der Waals surface area contributed by atoms with Crippen LogP contribution in [0.1, 0.15) is 21.7 Å². The Bertz CT molecular complexity index is 1300. The molecular formula is C22H18N5O2+. The number of nitrogens with one attached hydrogen (secondary N) is 2. The minimum absolute atomic E-state index is 0.0792. The predicted molar refractivity (Wildman–Crippen MR) is 107 cm³/mol. The second kappa shape index (κ2) is 7.44. The van der Waals surface area contributed by atoms with Crippen LogP contribution in [0.25, 0.3) is 16.3 Å². The van der Waals surface area contributed by atoms with E-state index in [4.69, 9.17) is 0 Å². The summed E-state index contributed by atoms with van der Waals surface area (Å²) in [6.45, 7) is 1.98. The lowest BCUT2D eigenvalue weighted by Gasteiger charge is -2.07. The lowest BCUT2D eigenvalue weighted by molar-refractivity contribution is -0.690. The number of hydrogen-bond donors (Lipinski definition) is 2. The second-order valence-corrected chi connectivity index (χ2v) is 6.65. The monoisotopic (exact) mass is 384 g/mol. The Hall–Kier alpha value is -4.18. The van der Waals surface area contributed by atoms with Crippen molar-refractivity contribution in [1.82, 2.24) is 15.3 Å². The van der Waals surface area contributed by atoms with Crippen molar-refractivity contribution in [1.29, 1.82) is 5.26 Å². The maximum Gasteiger partial charge on any atom is 0.304 e. The van der Waals surface area contributed by atoms with Crippen molar-refractivity contribution in [2.75, 3.05) is 0 Å². The van der Waals surface area contributed by atoms with Crippen LogP contribution in [-0.2, 0) is 11.3 Å². The molecule has 0 aliphatic heterocycles. The molecule has 0 unspecified atom stereocenters. The number of benzene rings is 1. The normalized spacial score (nSPS) is 10.6. The summed E-state index contributed by atoms with van der Waals surface area (Å²) in [4.78, 5) is 25.0. The standard InChI is InChI=1S/C22H17N5O2/c1-15-6-4-5-10-26(15)14-20(28)24-25-22(29)19-12-17(13-23)27-11-9-16-7-2-3-8-18(16)21(19)27/h2-12H,14H2,1H3,(H-,24,25,28,29)/p+1. The topological polar surface area (TPSA) is 90.3 Å². The van der Waals surface area contributed by atoms with Crippen molar-refractivity contribution < 1.29 is 14.2 Å². The number of nitrogens with zero attached hydrogens (tertiary/aromatic N) is 3. The number of fused-ring (bicyclic) bond motifs is 3. The molecule has 3 aromatic heterocycles. The summed E-state index contributed by atoms with van der Waals surface area (Å²) in [5.74, 6) is -0.838. The van der Waals surface area contributed by atoms with E-state index in [2.05, 4.69) is 16.9 Å². The molecule has 1 aromatic carbocycles. The molecule has 0 saturated carbocycles. The number of carbonyl (C=O) groups is 2. The molecule has 0 spiro atoms.